The lowest BCUT2D eigenvalue weighted by Gasteiger charge is -2.46. The maximum absolute atomic E-state index is 13.4. The Kier molecular flexibility index (Phi) is 4.40. The minimum Gasteiger partial charge on any atom is -0.319 e. The van der Waals surface area contributed by atoms with Gasteiger partial charge < -0.3 is 9.47 Å². The van der Waals surface area contributed by atoms with Gasteiger partial charge in [0.1, 0.15) is 6.61 Å². The van der Waals surface area contributed by atoms with Gasteiger partial charge in [0.2, 0.25) is 0 Å². The molecule has 0 aromatic heterocycles. The van der Waals surface area contributed by atoms with Gasteiger partial charge in [0, 0.05) is 7.11 Å². The number of ether oxygens (including phenoxy) is 2. The first kappa shape index (κ1) is 19.2. The molecule has 1 saturated heterocycles. The molecule has 1 unspecified atom stereocenters. The zero-order chi connectivity index (χ0) is 17.8. The molecule has 1 aliphatic heterocycles. The van der Waals surface area contributed by atoms with Gasteiger partial charge in [-0.15, -0.1) is 4.90 Å². The summed E-state index contributed by atoms with van der Waals surface area (Å²) in [4.78, 5) is -2.66. The van der Waals surface area contributed by atoms with Crippen LogP contribution < -0.4 is 0 Å². The molecule has 0 aromatic carbocycles. The molecule has 0 saturated carbocycles. The molecule has 3 nitrogen and oxygen atoms in total. The van der Waals surface area contributed by atoms with E-state index in [0.29, 0.717) is 0 Å². The molecule has 0 N–H and O–H groups in total. The van der Waals surface area contributed by atoms with Crippen LogP contribution in [0, 0.1) is 0 Å². The quantitative estimate of drug-likeness (QED) is 0.570. The van der Waals surface area contributed by atoms with Crippen LogP contribution in [0.1, 0.15) is 0 Å². The highest BCUT2D eigenvalue weighted by atomic mass is 19.4. The zero-order valence-electron chi connectivity index (χ0n) is 10.2. The lowest BCUT2D eigenvalue weighted by atomic mass is 10.2. The average molecular weight is 357 g/mol. The fraction of sp³-hybridized carbons (Fsp3) is 1.00. The smallest absolute Gasteiger partial charge is 0.319 e. The Labute approximate surface area is 114 Å². The van der Waals surface area contributed by atoms with E-state index in [0.717, 1.165) is 0 Å². The molecule has 0 bridgehead atoms. The van der Waals surface area contributed by atoms with Crippen LogP contribution in [0.3, 0.4) is 0 Å². The van der Waals surface area contributed by atoms with Crippen LogP contribution in [-0.4, -0.2) is 55.1 Å². The van der Waals surface area contributed by atoms with E-state index in [-0.39, 0.29) is 7.11 Å². The molecule has 1 fully saturated rings. The predicted octanol–water partition coefficient (Wildman–Crippen LogP) is 3.27. The third-order valence-corrected chi connectivity index (χ3v) is 2.60. The average Bonchev–Trinajstić information content (AvgIpc) is 2.34. The molecule has 0 spiro atoms. The fourth-order valence-corrected chi connectivity index (χ4v) is 1.44. The second-order valence-electron chi connectivity index (χ2n) is 4.06. The standard InChI is InChI=1S/C8H6F11NO2/c1-21-8(18,19)6(14,15)7(16,17)20-3(9)5(12,13)22-2-4(20,10)11/h3H,2H2,1H3. The number of alkyl halides is 11. The third kappa shape index (κ3) is 2.60. The van der Waals surface area contributed by atoms with Gasteiger partial charge in [0.25, 0.3) is 6.30 Å². The van der Waals surface area contributed by atoms with Crippen molar-refractivity contribution < 1.29 is 57.8 Å². The summed E-state index contributed by atoms with van der Waals surface area (Å²) in [5, 5.41) is 0. The van der Waals surface area contributed by atoms with Gasteiger partial charge in [0.05, 0.1) is 0 Å². The van der Waals surface area contributed by atoms with Crippen LogP contribution in [0.15, 0.2) is 0 Å². The van der Waals surface area contributed by atoms with Crippen LogP contribution in [0.25, 0.3) is 0 Å². The van der Waals surface area contributed by atoms with E-state index in [2.05, 4.69) is 9.47 Å². The molecule has 1 atom stereocenters. The second kappa shape index (κ2) is 5.06. The number of hydrogen-bond acceptors (Lipinski definition) is 3. The summed E-state index contributed by atoms with van der Waals surface area (Å²) >= 11 is 0. The minimum absolute atomic E-state index is 0.178. The first-order valence-electron chi connectivity index (χ1n) is 5.06. The first-order valence-corrected chi connectivity index (χ1v) is 5.06. The van der Waals surface area contributed by atoms with Crippen LogP contribution in [-0.2, 0) is 9.47 Å². The molecule has 22 heavy (non-hydrogen) atoms. The van der Waals surface area contributed by atoms with E-state index in [1.54, 1.807) is 0 Å². The van der Waals surface area contributed by atoms with E-state index >= 15 is 0 Å². The van der Waals surface area contributed by atoms with Crippen LogP contribution in [0.2, 0.25) is 0 Å². The highest BCUT2D eigenvalue weighted by Crippen LogP contribution is 2.53. The van der Waals surface area contributed by atoms with E-state index in [1.165, 1.54) is 0 Å². The van der Waals surface area contributed by atoms with E-state index in [9.17, 15) is 48.3 Å². The molecule has 1 rings (SSSR count). The van der Waals surface area contributed by atoms with Crippen molar-refractivity contribution in [3.8, 4) is 0 Å². The summed E-state index contributed by atoms with van der Waals surface area (Å²) in [6.07, 6.45) is -16.2. The number of hydrogen-bond donors (Lipinski definition) is 0. The Morgan fingerprint density at radius 1 is 1.05 bits per heavy atom. The third-order valence-electron chi connectivity index (χ3n) is 2.60. The van der Waals surface area contributed by atoms with Gasteiger partial charge in [-0.3, -0.25) is 0 Å². The van der Waals surface area contributed by atoms with Crippen molar-refractivity contribution in [2.45, 2.75) is 36.5 Å². The number of morpholine rings is 1. The maximum Gasteiger partial charge on any atom is 0.427 e. The molecule has 0 radical (unpaired) electrons. The van der Waals surface area contributed by atoms with Crippen molar-refractivity contribution in [2.75, 3.05) is 13.7 Å². The molecule has 1 aliphatic rings. The summed E-state index contributed by atoms with van der Waals surface area (Å²) in [5.41, 5.74) is 0. The van der Waals surface area contributed by atoms with E-state index < -0.39 is 48.0 Å². The molecular formula is C8H6F11NO2. The largest absolute Gasteiger partial charge is 0.427 e. The SMILES string of the molecule is COC(F)(F)C(F)(F)C(F)(F)N1C(F)C(F)(F)OCC1(F)F. The highest BCUT2D eigenvalue weighted by Gasteiger charge is 2.81. The van der Waals surface area contributed by atoms with E-state index in [4.69, 9.17) is 0 Å². The second-order valence-corrected chi connectivity index (χ2v) is 4.06. The summed E-state index contributed by atoms with van der Waals surface area (Å²) in [6.45, 7) is -2.63. The van der Waals surface area contributed by atoms with Crippen LogP contribution in [0.5, 0.6) is 0 Å². The molecule has 0 aromatic rings. The van der Waals surface area contributed by atoms with Gasteiger partial charge in [-0.05, 0) is 0 Å². The van der Waals surface area contributed by atoms with Gasteiger partial charge in [-0.25, -0.2) is 4.39 Å². The van der Waals surface area contributed by atoms with Crippen LogP contribution in [0.4, 0.5) is 48.3 Å². The molecule has 0 aliphatic carbocycles. The van der Waals surface area contributed by atoms with Crippen molar-refractivity contribution in [3.63, 3.8) is 0 Å². The Morgan fingerprint density at radius 3 is 1.91 bits per heavy atom. The number of rotatable bonds is 4. The Bertz CT molecular complexity index is 426. The van der Waals surface area contributed by atoms with Gasteiger partial charge in [-0.2, -0.15) is 43.9 Å². The minimum atomic E-state index is -6.77. The highest BCUT2D eigenvalue weighted by molar-refractivity contribution is 4.98. The Balaban J connectivity index is 3.40. The Hall–Kier alpha value is -0.890. The molecule has 14 heteroatoms. The number of halogens is 11. The fourth-order valence-electron chi connectivity index (χ4n) is 1.44. The summed E-state index contributed by atoms with van der Waals surface area (Å²) < 4.78 is 149. The predicted molar refractivity (Wildman–Crippen MR) is 44.4 cm³/mol. The number of methoxy groups -OCH3 is 1. The van der Waals surface area contributed by atoms with E-state index in [1.807, 2.05) is 0 Å². The maximum atomic E-state index is 13.4. The van der Waals surface area contributed by atoms with Crippen molar-refractivity contribution in [2.24, 2.45) is 0 Å². The monoisotopic (exact) mass is 357 g/mol. The lowest BCUT2D eigenvalue weighted by Crippen LogP contribution is -2.73. The van der Waals surface area contributed by atoms with Gasteiger partial charge >= 0.3 is 30.2 Å². The summed E-state index contributed by atoms with van der Waals surface area (Å²) in [6, 6.07) is -12.2. The zero-order valence-corrected chi connectivity index (χ0v) is 10.2. The molecular weight excluding hydrogens is 351 g/mol. The van der Waals surface area contributed by atoms with Crippen molar-refractivity contribution in [3.05, 3.63) is 0 Å². The Morgan fingerprint density at radius 2 is 1.50 bits per heavy atom. The first-order chi connectivity index (χ1) is 9.54. The van der Waals surface area contributed by atoms with Crippen molar-refractivity contribution in [1.82, 2.24) is 4.90 Å². The topological polar surface area (TPSA) is 21.7 Å². The van der Waals surface area contributed by atoms with Crippen molar-refractivity contribution in [1.29, 1.82) is 0 Å². The summed E-state index contributed by atoms with van der Waals surface area (Å²) in [5.74, 6) is -6.77. The van der Waals surface area contributed by atoms with Gasteiger partial charge in [0.15, 0.2) is 0 Å². The van der Waals surface area contributed by atoms with Crippen LogP contribution >= 0.6 is 0 Å². The molecule has 1 heterocycles. The van der Waals surface area contributed by atoms with Gasteiger partial charge in [-0.1, -0.05) is 0 Å². The molecule has 0 amide bonds. The lowest BCUT2D eigenvalue weighted by molar-refractivity contribution is -0.488. The normalized spacial score (nSPS) is 27.0. The van der Waals surface area contributed by atoms with Crippen molar-refractivity contribution >= 4 is 0 Å². The summed E-state index contributed by atoms with van der Waals surface area (Å²) in [7, 11) is -0.178. The number of nitrogens with zero attached hydrogens (tertiary/aromatic N) is 1. The molecule has 132 valence electrons.